The van der Waals surface area contributed by atoms with Crippen molar-refractivity contribution < 1.29 is 9.53 Å². The van der Waals surface area contributed by atoms with Gasteiger partial charge in [0.25, 0.3) is 0 Å². The molecule has 0 aliphatic heterocycles. The second-order valence-corrected chi connectivity index (χ2v) is 6.36. The van der Waals surface area contributed by atoms with Crippen LogP contribution in [0.3, 0.4) is 0 Å². The molecule has 3 rings (SSSR count). The number of imidazole rings is 1. The minimum atomic E-state index is -0.0818. The molecule has 0 spiro atoms. The fraction of sp³-hybridized carbons (Fsp3) is 0.333. The molecule has 0 radical (unpaired) electrons. The number of rotatable bonds is 9. The van der Waals surface area contributed by atoms with Crippen molar-refractivity contribution in [2.45, 2.75) is 39.0 Å². The van der Waals surface area contributed by atoms with Gasteiger partial charge in [-0.1, -0.05) is 32.3 Å². The Hall–Kier alpha value is -2.82. The molecule has 0 aliphatic rings. The second kappa shape index (κ2) is 9.04. The van der Waals surface area contributed by atoms with Gasteiger partial charge in [0.15, 0.2) is 0 Å². The predicted molar refractivity (Wildman–Crippen MR) is 104 cm³/mol. The summed E-state index contributed by atoms with van der Waals surface area (Å²) in [4.78, 5) is 16.7. The van der Waals surface area contributed by atoms with Gasteiger partial charge in [-0.15, -0.1) is 0 Å². The molecule has 26 heavy (non-hydrogen) atoms. The van der Waals surface area contributed by atoms with Crippen molar-refractivity contribution in [3.63, 3.8) is 0 Å². The number of ether oxygens (including phenoxy) is 1. The molecule has 1 N–H and O–H groups in total. The zero-order valence-electron chi connectivity index (χ0n) is 15.1. The number of nitrogens with one attached hydrogen (secondary N) is 1. The Balaban J connectivity index is 1.48. The number of unbranched alkanes of at least 4 members (excludes halogenated alkanes) is 3. The van der Waals surface area contributed by atoms with Crippen LogP contribution in [0.1, 0.15) is 38.3 Å². The Morgan fingerprint density at radius 1 is 1.12 bits per heavy atom. The Bertz CT molecular complexity index is 807. The number of pyridine rings is 1. The van der Waals surface area contributed by atoms with Gasteiger partial charge in [-0.3, -0.25) is 4.79 Å². The van der Waals surface area contributed by atoms with Crippen LogP contribution in [0.2, 0.25) is 0 Å². The standard InChI is InChI=1S/C21H25N3O2/c1-2-3-4-7-14-26-19-11-9-17(10-12-19)23-21(25)15-18-16-24-13-6-5-8-20(24)22-18/h5-6,8-13,16H,2-4,7,14-15H2,1H3,(H,23,25). The van der Waals surface area contributed by atoms with Crippen LogP contribution in [-0.2, 0) is 11.2 Å². The van der Waals surface area contributed by atoms with E-state index in [2.05, 4.69) is 17.2 Å². The molecule has 1 amide bonds. The van der Waals surface area contributed by atoms with Crippen LogP contribution in [0.4, 0.5) is 5.69 Å². The maximum atomic E-state index is 12.2. The van der Waals surface area contributed by atoms with E-state index in [1.165, 1.54) is 19.3 Å². The molecule has 5 nitrogen and oxygen atoms in total. The summed E-state index contributed by atoms with van der Waals surface area (Å²) in [6.45, 7) is 2.93. The fourth-order valence-corrected chi connectivity index (χ4v) is 2.80. The topological polar surface area (TPSA) is 55.6 Å². The van der Waals surface area contributed by atoms with Gasteiger partial charge in [0, 0.05) is 18.1 Å². The van der Waals surface area contributed by atoms with Gasteiger partial charge < -0.3 is 14.5 Å². The van der Waals surface area contributed by atoms with E-state index in [4.69, 9.17) is 4.74 Å². The Labute approximate surface area is 154 Å². The van der Waals surface area contributed by atoms with E-state index in [1.54, 1.807) is 0 Å². The summed E-state index contributed by atoms with van der Waals surface area (Å²) in [5.41, 5.74) is 2.36. The number of fused-ring (bicyclic) bond motifs is 1. The Morgan fingerprint density at radius 3 is 2.73 bits per heavy atom. The first-order valence-corrected chi connectivity index (χ1v) is 9.20. The van der Waals surface area contributed by atoms with E-state index >= 15 is 0 Å². The van der Waals surface area contributed by atoms with Gasteiger partial charge in [-0.25, -0.2) is 4.98 Å². The van der Waals surface area contributed by atoms with Crippen LogP contribution in [0, 0.1) is 0 Å². The number of hydrogen-bond donors (Lipinski definition) is 1. The van der Waals surface area contributed by atoms with Crippen LogP contribution >= 0.6 is 0 Å². The molecule has 0 unspecified atom stereocenters. The number of carbonyl (C=O) groups is 1. The van der Waals surface area contributed by atoms with Gasteiger partial charge in [-0.2, -0.15) is 0 Å². The zero-order valence-corrected chi connectivity index (χ0v) is 15.1. The highest BCUT2D eigenvalue weighted by molar-refractivity contribution is 5.92. The van der Waals surface area contributed by atoms with E-state index in [-0.39, 0.29) is 12.3 Å². The average molecular weight is 351 g/mol. The normalized spacial score (nSPS) is 10.8. The van der Waals surface area contributed by atoms with E-state index < -0.39 is 0 Å². The fourth-order valence-electron chi connectivity index (χ4n) is 2.80. The third-order valence-electron chi connectivity index (χ3n) is 4.16. The zero-order chi connectivity index (χ0) is 18.2. The molecular weight excluding hydrogens is 326 g/mol. The molecule has 2 aromatic heterocycles. The van der Waals surface area contributed by atoms with E-state index in [0.29, 0.717) is 0 Å². The molecule has 0 saturated heterocycles. The first-order chi connectivity index (χ1) is 12.7. The summed E-state index contributed by atoms with van der Waals surface area (Å²) in [5.74, 6) is 0.751. The highest BCUT2D eigenvalue weighted by Crippen LogP contribution is 2.16. The van der Waals surface area contributed by atoms with Gasteiger partial charge in [0.2, 0.25) is 5.91 Å². The first-order valence-electron chi connectivity index (χ1n) is 9.20. The molecule has 5 heteroatoms. The quantitative estimate of drug-likeness (QED) is 0.579. The highest BCUT2D eigenvalue weighted by atomic mass is 16.5. The minimum Gasteiger partial charge on any atom is -0.494 e. The van der Waals surface area contributed by atoms with E-state index in [0.717, 1.165) is 35.8 Å². The maximum absolute atomic E-state index is 12.2. The molecule has 0 fully saturated rings. The molecular formula is C21H25N3O2. The van der Waals surface area contributed by atoms with Crippen molar-refractivity contribution in [2.75, 3.05) is 11.9 Å². The second-order valence-electron chi connectivity index (χ2n) is 6.36. The van der Waals surface area contributed by atoms with Crippen molar-refractivity contribution in [1.82, 2.24) is 9.38 Å². The van der Waals surface area contributed by atoms with Crippen molar-refractivity contribution in [3.8, 4) is 5.75 Å². The van der Waals surface area contributed by atoms with Gasteiger partial charge in [0.1, 0.15) is 11.4 Å². The number of nitrogens with zero attached hydrogens (tertiary/aromatic N) is 2. The molecule has 0 atom stereocenters. The van der Waals surface area contributed by atoms with Crippen LogP contribution in [-0.4, -0.2) is 21.9 Å². The van der Waals surface area contributed by atoms with Gasteiger partial charge in [0.05, 0.1) is 18.7 Å². The summed E-state index contributed by atoms with van der Waals surface area (Å²) in [6.07, 6.45) is 8.80. The molecule has 2 heterocycles. The molecule has 0 bridgehead atoms. The number of hydrogen-bond acceptors (Lipinski definition) is 3. The largest absolute Gasteiger partial charge is 0.494 e. The molecule has 136 valence electrons. The van der Waals surface area contributed by atoms with Crippen molar-refractivity contribution in [2.24, 2.45) is 0 Å². The predicted octanol–water partition coefficient (Wildman–Crippen LogP) is 4.47. The highest BCUT2D eigenvalue weighted by Gasteiger charge is 2.08. The maximum Gasteiger partial charge on any atom is 0.230 e. The van der Waals surface area contributed by atoms with Crippen molar-refractivity contribution >= 4 is 17.2 Å². The molecule has 0 saturated carbocycles. The average Bonchev–Trinajstić information content (AvgIpc) is 3.05. The van der Waals surface area contributed by atoms with Gasteiger partial charge >= 0.3 is 0 Å². The van der Waals surface area contributed by atoms with E-state index in [9.17, 15) is 4.79 Å². The monoisotopic (exact) mass is 351 g/mol. The molecule has 0 aliphatic carbocycles. The Morgan fingerprint density at radius 2 is 1.96 bits per heavy atom. The molecule has 1 aromatic carbocycles. The lowest BCUT2D eigenvalue weighted by atomic mass is 10.2. The third-order valence-corrected chi connectivity index (χ3v) is 4.16. The smallest absolute Gasteiger partial charge is 0.230 e. The lowest BCUT2D eigenvalue weighted by molar-refractivity contribution is -0.115. The lowest BCUT2D eigenvalue weighted by Gasteiger charge is -2.08. The minimum absolute atomic E-state index is 0.0818. The van der Waals surface area contributed by atoms with Gasteiger partial charge in [-0.05, 0) is 42.8 Å². The number of carbonyl (C=O) groups excluding carboxylic acids is 1. The van der Waals surface area contributed by atoms with Crippen LogP contribution in [0.15, 0.2) is 54.9 Å². The first kappa shape index (κ1) is 18.0. The summed E-state index contributed by atoms with van der Waals surface area (Å²) in [6, 6.07) is 13.3. The van der Waals surface area contributed by atoms with E-state index in [1.807, 2.05) is 59.3 Å². The SMILES string of the molecule is CCCCCCOc1ccc(NC(=O)Cc2cn3ccccc3n2)cc1. The number of benzene rings is 1. The Kier molecular flexibility index (Phi) is 6.25. The van der Waals surface area contributed by atoms with Crippen molar-refractivity contribution in [3.05, 3.63) is 60.6 Å². The summed E-state index contributed by atoms with van der Waals surface area (Å²) < 4.78 is 7.63. The van der Waals surface area contributed by atoms with Crippen LogP contribution in [0.25, 0.3) is 5.65 Å². The summed E-state index contributed by atoms with van der Waals surface area (Å²) in [7, 11) is 0. The number of amides is 1. The third kappa shape index (κ3) is 5.09. The van der Waals surface area contributed by atoms with Crippen LogP contribution < -0.4 is 10.1 Å². The number of anilines is 1. The molecule has 3 aromatic rings. The summed E-state index contributed by atoms with van der Waals surface area (Å²) >= 11 is 0. The number of aromatic nitrogens is 2. The lowest BCUT2D eigenvalue weighted by Crippen LogP contribution is -2.14. The van der Waals surface area contributed by atoms with Crippen LogP contribution in [0.5, 0.6) is 5.75 Å². The summed E-state index contributed by atoms with van der Waals surface area (Å²) in [5, 5.41) is 2.90. The van der Waals surface area contributed by atoms with Crippen molar-refractivity contribution in [1.29, 1.82) is 0 Å².